The van der Waals surface area contributed by atoms with Gasteiger partial charge in [0.25, 0.3) is 0 Å². The van der Waals surface area contributed by atoms with Crippen LogP contribution in [0.1, 0.15) is 31.1 Å². The number of hydrogen-bond acceptors (Lipinski definition) is 8. The molecule has 2 aromatic rings. The number of esters is 4. The zero-order valence-electron chi connectivity index (χ0n) is 18.4. The maximum absolute atomic E-state index is 12.1. The van der Waals surface area contributed by atoms with Gasteiger partial charge < -0.3 is 18.9 Å². The van der Waals surface area contributed by atoms with Gasteiger partial charge in [-0.05, 0) is 42.5 Å². The standard InChI is InChI=1S/C26H24O8/c1-3-8-19(4-2)23(27)31-15-16-33-25(29)21-11-13-22(14-12-21)26(30)34-18-17-32-24(28)20-9-6-5-7-10-20/h3-14H,1-2,15-18H2/b19-8+. The van der Waals surface area contributed by atoms with Gasteiger partial charge >= 0.3 is 23.9 Å². The van der Waals surface area contributed by atoms with Crippen LogP contribution in [0.3, 0.4) is 0 Å². The van der Waals surface area contributed by atoms with Gasteiger partial charge in [-0.1, -0.05) is 43.5 Å². The summed E-state index contributed by atoms with van der Waals surface area (Å²) >= 11 is 0. The van der Waals surface area contributed by atoms with Crippen molar-refractivity contribution in [3.8, 4) is 0 Å². The number of hydrogen-bond donors (Lipinski definition) is 0. The lowest BCUT2D eigenvalue weighted by Crippen LogP contribution is -2.15. The van der Waals surface area contributed by atoms with E-state index in [0.29, 0.717) is 5.56 Å². The van der Waals surface area contributed by atoms with Crippen LogP contribution in [0.5, 0.6) is 0 Å². The molecule has 0 aliphatic heterocycles. The van der Waals surface area contributed by atoms with Crippen LogP contribution in [0.15, 0.2) is 91.6 Å². The van der Waals surface area contributed by atoms with Gasteiger partial charge in [0, 0.05) is 0 Å². The molecule has 0 saturated heterocycles. The fraction of sp³-hybridized carbons (Fsp3) is 0.154. The molecule has 0 aliphatic carbocycles. The van der Waals surface area contributed by atoms with Crippen molar-refractivity contribution in [3.63, 3.8) is 0 Å². The minimum atomic E-state index is -0.644. The number of carbonyl (C=O) groups excluding carboxylic acids is 4. The number of benzene rings is 2. The predicted octanol–water partition coefficient (Wildman–Crippen LogP) is 3.70. The van der Waals surface area contributed by atoms with Gasteiger partial charge in [-0.2, -0.15) is 0 Å². The zero-order chi connectivity index (χ0) is 24.8. The molecule has 2 aromatic carbocycles. The second-order valence-corrected chi connectivity index (χ2v) is 6.55. The zero-order valence-corrected chi connectivity index (χ0v) is 18.4. The molecular formula is C26H24O8. The SMILES string of the molecule is C=C/C=C(\C=C)C(=O)OCCOC(=O)c1ccc(C(=O)OCCOC(=O)c2ccccc2)cc1. The highest BCUT2D eigenvalue weighted by molar-refractivity contribution is 5.93. The monoisotopic (exact) mass is 464 g/mol. The molecule has 0 aromatic heterocycles. The third-order valence-electron chi connectivity index (χ3n) is 4.22. The van der Waals surface area contributed by atoms with Crippen LogP contribution < -0.4 is 0 Å². The first-order chi connectivity index (χ1) is 16.5. The van der Waals surface area contributed by atoms with E-state index in [0.717, 1.165) is 0 Å². The highest BCUT2D eigenvalue weighted by Gasteiger charge is 2.13. The third kappa shape index (κ3) is 8.23. The predicted molar refractivity (Wildman–Crippen MR) is 123 cm³/mol. The normalized spacial score (nSPS) is 10.5. The summed E-state index contributed by atoms with van der Waals surface area (Å²) in [4.78, 5) is 47.8. The molecule has 0 N–H and O–H groups in total. The smallest absolute Gasteiger partial charge is 0.338 e. The molecule has 176 valence electrons. The summed E-state index contributed by atoms with van der Waals surface area (Å²) in [5.41, 5.74) is 1.06. The van der Waals surface area contributed by atoms with Crippen LogP contribution in [0, 0.1) is 0 Å². The Labute approximate surface area is 197 Å². The molecule has 0 bridgehead atoms. The molecule has 0 fully saturated rings. The van der Waals surface area contributed by atoms with Crippen molar-refractivity contribution in [2.24, 2.45) is 0 Å². The van der Waals surface area contributed by atoms with Gasteiger partial charge in [-0.3, -0.25) is 0 Å². The van der Waals surface area contributed by atoms with E-state index in [1.54, 1.807) is 30.3 Å². The third-order valence-corrected chi connectivity index (χ3v) is 4.22. The Morgan fingerprint density at radius 2 is 1.03 bits per heavy atom. The molecule has 8 heteroatoms. The number of allylic oxidation sites excluding steroid dienone is 2. The van der Waals surface area contributed by atoms with Crippen molar-refractivity contribution in [1.29, 1.82) is 0 Å². The van der Waals surface area contributed by atoms with E-state index in [9.17, 15) is 19.2 Å². The van der Waals surface area contributed by atoms with Crippen molar-refractivity contribution in [2.75, 3.05) is 26.4 Å². The number of ether oxygens (including phenoxy) is 4. The van der Waals surface area contributed by atoms with Crippen molar-refractivity contribution in [3.05, 3.63) is 108 Å². The average molecular weight is 464 g/mol. The van der Waals surface area contributed by atoms with Crippen molar-refractivity contribution >= 4 is 23.9 Å². The molecule has 0 radical (unpaired) electrons. The van der Waals surface area contributed by atoms with Gasteiger partial charge in [0.2, 0.25) is 0 Å². The van der Waals surface area contributed by atoms with E-state index in [-0.39, 0.29) is 43.1 Å². The minimum absolute atomic E-state index is 0.0911. The summed E-state index contributed by atoms with van der Waals surface area (Å²) in [5, 5.41) is 0. The van der Waals surface area contributed by atoms with Crippen LogP contribution >= 0.6 is 0 Å². The molecule has 2 rings (SSSR count). The molecule has 0 amide bonds. The molecule has 0 aliphatic rings. The molecule has 0 heterocycles. The molecular weight excluding hydrogens is 440 g/mol. The second kappa shape index (κ2) is 13.8. The lowest BCUT2D eigenvalue weighted by molar-refractivity contribution is -0.139. The maximum atomic E-state index is 12.1. The van der Waals surface area contributed by atoms with E-state index in [1.165, 1.54) is 42.5 Å². The highest BCUT2D eigenvalue weighted by Crippen LogP contribution is 2.08. The van der Waals surface area contributed by atoms with Crippen LogP contribution in [0.25, 0.3) is 0 Å². The first kappa shape index (κ1) is 25.8. The summed E-state index contributed by atoms with van der Waals surface area (Å²) < 4.78 is 20.1. The van der Waals surface area contributed by atoms with E-state index in [4.69, 9.17) is 18.9 Å². The van der Waals surface area contributed by atoms with E-state index >= 15 is 0 Å². The summed E-state index contributed by atoms with van der Waals surface area (Å²) in [5.74, 6) is -2.39. The fourth-order valence-electron chi connectivity index (χ4n) is 2.53. The Bertz CT molecular complexity index is 1050. The summed E-state index contributed by atoms with van der Waals surface area (Å²) in [6.45, 7) is 6.50. The largest absolute Gasteiger partial charge is 0.458 e. The molecule has 0 unspecified atom stereocenters. The van der Waals surface area contributed by atoms with Gasteiger partial charge in [0.1, 0.15) is 26.4 Å². The molecule has 0 atom stereocenters. The Morgan fingerprint density at radius 1 is 0.618 bits per heavy atom. The number of carbonyl (C=O) groups is 4. The van der Waals surface area contributed by atoms with Gasteiger partial charge in [-0.25, -0.2) is 19.2 Å². The molecule has 8 nitrogen and oxygen atoms in total. The van der Waals surface area contributed by atoms with Crippen molar-refractivity contribution < 1.29 is 38.1 Å². The molecule has 0 spiro atoms. The van der Waals surface area contributed by atoms with Gasteiger partial charge in [0.15, 0.2) is 0 Å². The average Bonchev–Trinajstić information content (AvgIpc) is 2.87. The van der Waals surface area contributed by atoms with Gasteiger partial charge in [0.05, 0.1) is 22.3 Å². The fourth-order valence-corrected chi connectivity index (χ4v) is 2.53. The maximum Gasteiger partial charge on any atom is 0.338 e. The summed E-state index contributed by atoms with van der Waals surface area (Å²) in [6.07, 6.45) is 4.21. The molecule has 0 saturated carbocycles. The second-order valence-electron chi connectivity index (χ2n) is 6.55. The highest BCUT2D eigenvalue weighted by atomic mass is 16.6. The Balaban J connectivity index is 1.71. The number of rotatable bonds is 12. The first-order valence-corrected chi connectivity index (χ1v) is 10.2. The van der Waals surface area contributed by atoms with E-state index in [2.05, 4.69) is 13.2 Å². The van der Waals surface area contributed by atoms with E-state index in [1.807, 2.05) is 0 Å². The Hall–Kier alpha value is -4.46. The Kier molecular flexibility index (Phi) is 10.5. The van der Waals surface area contributed by atoms with Crippen molar-refractivity contribution in [2.45, 2.75) is 0 Å². The first-order valence-electron chi connectivity index (χ1n) is 10.2. The van der Waals surface area contributed by atoms with Crippen LogP contribution in [-0.4, -0.2) is 50.3 Å². The van der Waals surface area contributed by atoms with Crippen LogP contribution in [0.2, 0.25) is 0 Å². The summed E-state index contributed by atoms with van der Waals surface area (Å²) in [7, 11) is 0. The topological polar surface area (TPSA) is 105 Å². The van der Waals surface area contributed by atoms with Crippen LogP contribution in [-0.2, 0) is 23.7 Å². The van der Waals surface area contributed by atoms with Crippen LogP contribution in [0.4, 0.5) is 0 Å². The lowest BCUT2D eigenvalue weighted by Gasteiger charge is -2.08. The minimum Gasteiger partial charge on any atom is -0.458 e. The molecule has 34 heavy (non-hydrogen) atoms. The van der Waals surface area contributed by atoms with E-state index < -0.39 is 23.9 Å². The van der Waals surface area contributed by atoms with Gasteiger partial charge in [-0.15, -0.1) is 0 Å². The van der Waals surface area contributed by atoms with Crippen molar-refractivity contribution in [1.82, 2.24) is 0 Å². The Morgan fingerprint density at radius 3 is 1.44 bits per heavy atom. The summed E-state index contributed by atoms with van der Waals surface area (Å²) in [6, 6.07) is 14.1. The lowest BCUT2D eigenvalue weighted by atomic mass is 10.1. The quantitative estimate of drug-likeness (QED) is 0.154.